The zero-order chi connectivity index (χ0) is 22.7. The molecule has 0 spiro atoms. The van der Waals surface area contributed by atoms with Crippen molar-refractivity contribution in [3.63, 3.8) is 0 Å². The topological polar surface area (TPSA) is 78.5 Å². The summed E-state index contributed by atoms with van der Waals surface area (Å²) in [5.41, 5.74) is 3.17. The van der Waals surface area contributed by atoms with E-state index in [1.165, 1.54) is 11.1 Å². The number of nitrogens with one attached hydrogen (secondary N) is 2. The molecular formula is C24H31N3O3S2. The van der Waals surface area contributed by atoms with Gasteiger partial charge in [-0.2, -0.15) is 0 Å². The molecule has 172 valence electrons. The minimum Gasteiger partial charge on any atom is -0.325 e. The van der Waals surface area contributed by atoms with E-state index < -0.39 is 10.0 Å². The number of piperidine rings is 1. The molecule has 2 aromatic carbocycles. The van der Waals surface area contributed by atoms with E-state index in [-0.39, 0.29) is 16.7 Å². The van der Waals surface area contributed by atoms with E-state index in [4.69, 9.17) is 0 Å². The number of carbonyl (C=O) groups excluding carboxylic acids is 1. The maximum atomic E-state index is 12.9. The number of hydrogen-bond donors (Lipinski definition) is 2. The summed E-state index contributed by atoms with van der Waals surface area (Å²) >= 11 is 1.57. The zero-order valence-electron chi connectivity index (χ0n) is 18.6. The number of carbonyl (C=O) groups is 1. The fourth-order valence-electron chi connectivity index (χ4n) is 4.06. The Balaban J connectivity index is 1.31. The predicted octanol–water partition coefficient (Wildman–Crippen LogP) is 3.87. The van der Waals surface area contributed by atoms with Gasteiger partial charge in [-0.15, -0.1) is 11.8 Å². The van der Waals surface area contributed by atoms with Crippen molar-refractivity contribution in [2.24, 2.45) is 11.8 Å². The summed E-state index contributed by atoms with van der Waals surface area (Å²) in [7, 11) is -3.63. The van der Waals surface area contributed by atoms with Crippen LogP contribution in [0, 0.1) is 18.8 Å². The van der Waals surface area contributed by atoms with Gasteiger partial charge in [0.15, 0.2) is 0 Å². The molecule has 2 aromatic rings. The molecule has 2 aliphatic rings. The number of benzene rings is 2. The molecule has 1 unspecified atom stereocenters. The van der Waals surface area contributed by atoms with Gasteiger partial charge in [-0.05, 0) is 62.5 Å². The Hall–Kier alpha value is -1.87. The zero-order valence-corrected chi connectivity index (χ0v) is 20.3. The highest BCUT2D eigenvalue weighted by Crippen LogP contribution is 2.34. The first-order chi connectivity index (χ1) is 15.3. The van der Waals surface area contributed by atoms with Crippen LogP contribution >= 0.6 is 11.8 Å². The molecule has 1 atom stereocenters. The standard InChI is InChI=1S/C24H31N3O3S2/c1-17-3-5-20(6-4-17)15-27-11-9-19(10-12-27)14-25-32(29,30)21-7-8-23-22(13-21)26-24(28)18(2)16-31-23/h3-8,13,18-19,25H,9-12,14-16H2,1-2H3,(H,26,28). The van der Waals surface area contributed by atoms with Crippen LogP contribution in [-0.4, -0.2) is 44.6 Å². The smallest absolute Gasteiger partial charge is 0.240 e. The van der Waals surface area contributed by atoms with Gasteiger partial charge in [0.1, 0.15) is 0 Å². The second kappa shape index (κ2) is 9.95. The summed E-state index contributed by atoms with van der Waals surface area (Å²) in [6.07, 6.45) is 1.95. The molecule has 1 amide bonds. The van der Waals surface area contributed by atoms with Gasteiger partial charge >= 0.3 is 0 Å². The van der Waals surface area contributed by atoms with Gasteiger partial charge < -0.3 is 5.32 Å². The highest BCUT2D eigenvalue weighted by Gasteiger charge is 2.25. The van der Waals surface area contributed by atoms with E-state index in [2.05, 4.69) is 46.1 Å². The first-order valence-electron chi connectivity index (χ1n) is 11.2. The van der Waals surface area contributed by atoms with Gasteiger partial charge in [-0.3, -0.25) is 9.69 Å². The maximum Gasteiger partial charge on any atom is 0.240 e. The minimum atomic E-state index is -3.63. The van der Waals surface area contributed by atoms with Crippen LogP contribution in [0.3, 0.4) is 0 Å². The number of nitrogens with zero attached hydrogens (tertiary/aromatic N) is 1. The third kappa shape index (κ3) is 5.73. The number of hydrogen-bond acceptors (Lipinski definition) is 5. The quantitative estimate of drug-likeness (QED) is 0.666. The van der Waals surface area contributed by atoms with Crippen molar-refractivity contribution in [3.8, 4) is 0 Å². The van der Waals surface area contributed by atoms with Gasteiger partial charge in [-0.1, -0.05) is 36.8 Å². The number of thioether (sulfide) groups is 1. The van der Waals surface area contributed by atoms with Gasteiger partial charge in [0.25, 0.3) is 0 Å². The molecule has 1 fully saturated rings. The molecule has 6 nitrogen and oxygen atoms in total. The molecule has 0 radical (unpaired) electrons. The molecular weight excluding hydrogens is 442 g/mol. The van der Waals surface area contributed by atoms with Crippen LogP contribution in [0.5, 0.6) is 0 Å². The first-order valence-corrected chi connectivity index (χ1v) is 13.6. The monoisotopic (exact) mass is 473 g/mol. The van der Waals surface area contributed by atoms with Gasteiger partial charge in [0.05, 0.1) is 10.6 Å². The minimum absolute atomic E-state index is 0.0730. The molecule has 0 bridgehead atoms. The third-order valence-electron chi connectivity index (χ3n) is 6.25. The fourth-order valence-corrected chi connectivity index (χ4v) is 6.21. The van der Waals surface area contributed by atoms with E-state index in [0.29, 0.717) is 23.9 Å². The Morgan fingerprint density at radius 1 is 1.12 bits per heavy atom. The summed E-state index contributed by atoms with van der Waals surface area (Å²) < 4.78 is 28.6. The number of anilines is 1. The number of aryl methyl sites for hydroxylation is 1. The highest BCUT2D eigenvalue weighted by atomic mass is 32.2. The summed E-state index contributed by atoms with van der Waals surface area (Å²) in [4.78, 5) is 15.7. The summed E-state index contributed by atoms with van der Waals surface area (Å²) in [5, 5.41) is 2.86. The van der Waals surface area contributed by atoms with E-state index >= 15 is 0 Å². The molecule has 2 N–H and O–H groups in total. The molecule has 0 aromatic heterocycles. The number of amides is 1. The van der Waals surface area contributed by atoms with Crippen LogP contribution in [-0.2, 0) is 21.4 Å². The number of likely N-dealkylation sites (tertiary alicyclic amines) is 1. The van der Waals surface area contributed by atoms with Gasteiger partial charge in [0.2, 0.25) is 15.9 Å². The summed E-state index contributed by atoms with van der Waals surface area (Å²) in [6, 6.07) is 13.6. The number of fused-ring (bicyclic) bond motifs is 1. The summed E-state index contributed by atoms with van der Waals surface area (Å²) in [5.74, 6) is 0.834. The van der Waals surface area contributed by atoms with Crippen molar-refractivity contribution in [3.05, 3.63) is 53.6 Å². The fraction of sp³-hybridized carbons (Fsp3) is 0.458. The third-order valence-corrected chi connectivity index (χ3v) is 9.01. The van der Waals surface area contributed by atoms with Crippen molar-refractivity contribution < 1.29 is 13.2 Å². The largest absolute Gasteiger partial charge is 0.325 e. The van der Waals surface area contributed by atoms with E-state index in [0.717, 1.165) is 37.4 Å². The van der Waals surface area contributed by atoms with Crippen molar-refractivity contribution >= 4 is 33.4 Å². The molecule has 1 saturated heterocycles. The molecule has 4 rings (SSSR count). The van der Waals surface area contributed by atoms with Gasteiger partial charge in [-0.25, -0.2) is 13.1 Å². The molecule has 0 saturated carbocycles. The normalized spacial score (nSPS) is 20.4. The highest BCUT2D eigenvalue weighted by molar-refractivity contribution is 7.99. The lowest BCUT2D eigenvalue weighted by Gasteiger charge is -2.32. The van der Waals surface area contributed by atoms with E-state index in [1.807, 2.05) is 6.92 Å². The molecule has 8 heteroatoms. The second-order valence-electron chi connectivity index (χ2n) is 8.92. The van der Waals surface area contributed by atoms with Crippen molar-refractivity contribution in [1.29, 1.82) is 0 Å². The van der Waals surface area contributed by atoms with E-state index in [9.17, 15) is 13.2 Å². The predicted molar refractivity (Wildman–Crippen MR) is 129 cm³/mol. The van der Waals surface area contributed by atoms with Crippen LogP contribution in [0.4, 0.5) is 5.69 Å². The lowest BCUT2D eigenvalue weighted by molar-refractivity contribution is -0.118. The molecule has 2 aliphatic heterocycles. The van der Waals surface area contributed by atoms with Crippen LogP contribution in [0.25, 0.3) is 0 Å². The van der Waals surface area contributed by atoms with Gasteiger partial charge in [0, 0.05) is 29.7 Å². The van der Waals surface area contributed by atoms with Crippen molar-refractivity contribution in [2.45, 2.75) is 43.0 Å². The van der Waals surface area contributed by atoms with Crippen molar-refractivity contribution in [2.75, 3.05) is 30.7 Å². The average molecular weight is 474 g/mol. The van der Waals surface area contributed by atoms with Crippen LogP contribution in [0.15, 0.2) is 52.3 Å². The Morgan fingerprint density at radius 3 is 2.56 bits per heavy atom. The lowest BCUT2D eigenvalue weighted by Crippen LogP contribution is -2.38. The van der Waals surface area contributed by atoms with E-state index in [1.54, 1.807) is 30.0 Å². The van der Waals surface area contributed by atoms with Crippen LogP contribution < -0.4 is 10.0 Å². The molecule has 32 heavy (non-hydrogen) atoms. The van der Waals surface area contributed by atoms with Crippen LogP contribution in [0.2, 0.25) is 0 Å². The molecule has 2 heterocycles. The maximum absolute atomic E-state index is 12.9. The summed E-state index contributed by atoms with van der Waals surface area (Å²) in [6.45, 7) is 7.30. The lowest BCUT2D eigenvalue weighted by atomic mass is 9.97. The first kappa shape index (κ1) is 23.3. The Morgan fingerprint density at radius 2 is 1.84 bits per heavy atom. The average Bonchev–Trinajstić information content (AvgIpc) is 2.92. The SMILES string of the molecule is Cc1ccc(CN2CCC(CNS(=O)(=O)c3ccc4c(c3)NC(=O)C(C)CS4)CC2)cc1. The second-order valence-corrected chi connectivity index (χ2v) is 11.7. The van der Waals surface area contributed by atoms with Crippen molar-refractivity contribution in [1.82, 2.24) is 9.62 Å². The number of rotatable bonds is 6. The van der Waals surface area contributed by atoms with Crippen LogP contribution in [0.1, 0.15) is 30.9 Å². The Kier molecular flexibility index (Phi) is 7.24. The molecule has 0 aliphatic carbocycles. The Bertz CT molecular complexity index is 1060. The Labute approximate surface area is 195 Å². The number of sulfonamides is 1.